The summed E-state index contributed by atoms with van der Waals surface area (Å²) >= 11 is 0. The summed E-state index contributed by atoms with van der Waals surface area (Å²) in [7, 11) is -3.06. The molecule has 0 aliphatic heterocycles. The lowest BCUT2D eigenvalue weighted by Gasteiger charge is -2.28. The zero-order valence-electron chi connectivity index (χ0n) is 29.1. The molecule has 0 amide bonds. The minimum Gasteiger partial charge on any atom is -0.423 e. The van der Waals surface area contributed by atoms with E-state index in [9.17, 15) is 20.1 Å². The number of benzene rings is 5. The molecule has 262 valence electrons. The van der Waals surface area contributed by atoms with Crippen LogP contribution in [0.5, 0.6) is 0 Å². The highest BCUT2D eigenvalue weighted by molar-refractivity contribution is 6.59. The topological polar surface area (TPSA) is 139 Å². The Hall–Kier alpha value is -3.57. The third-order valence-corrected chi connectivity index (χ3v) is 9.73. The van der Waals surface area contributed by atoms with Crippen LogP contribution in [-0.4, -0.2) is 70.3 Å². The van der Waals surface area contributed by atoms with Gasteiger partial charge in [0.2, 0.25) is 0 Å². The molecule has 0 spiro atoms. The first-order valence-electron chi connectivity index (χ1n) is 18.0. The lowest BCUT2D eigenvalue weighted by molar-refractivity contribution is 0.251. The largest absolute Gasteiger partial charge is 0.488 e. The van der Waals surface area contributed by atoms with E-state index in [0.717, 1.165) is 62.7 Å². The molecule has 5 aromatic carbocycles. The van der Waals surface area contributed by atoms with E-state index in [1.54, 1.807) is 12.1 Å². The fourth-order valence-corrected chi connectivity index (χ4v) is 7.18. The molecule has 0 bridgehead atoms. The molecule has 5 rings (SSSR count). The minimum absolute atomic E-state index is 0.534. The summed E-state index contributed by atoms with van der Waals surface area (Å²) in [5.41, 5.74) is 17.0. The molecule has 0 saturated heterocycles. The van der Waals surface area contributed by atoms with Crippen LogP contribution in [0.1, 0.15) is 60.8 Å². The van der Waals surface area contributed by atoms with Crippen molar-refractivity contribution in [3.05, 3.63) is 119 Å². The van der Waals surface area contributed by atoms with Crippen molar-refractivity contribution in [1.82, 2.24) is 9.80 Å². The van der Waals surface area contributed by atoms with E-state index in [2.05, 4.69) is 58.3 Å². The van der Waals surface area contributed by atoms with Crippen molar-refractivity contribution in [2.24, 2.45) is 11.5 Å². The summed E-state index contributed by atoms with van der Waals surface area (Å²) in [4.78, 5) is 4.85. The third kappa shape index (κ3) is 9.81. The van der Waals surface area contributed by atoms with Crippen LogP contribution in [0.15, 0.2) is 97.1 Å². The van der Waals surface area contributed by atoms with Crippen LogP contribution in [0.4, 0.5) is 0 Å². The minimum atomic E-state index is -1.53. The van der Waals surface area contributed by atoms with Gasteiger partial charge in [-0.25, -0.2) is 0 Å². The molecule has 0 atom stereocenters. The number of unbranched alkanes of at least 4 members (excludes halogenated alkanes) is 4. The van der Waals surface area contributed by atoms with Gasteiger partial charge in [-0.1, -0.05) is 110 Å². The molecule has 0 unspecified atom stereocenters. The Kier molecular flexibility index (Phi) is 14.4. The van der Waals surface area contributed by atoms with Gasteiger partial charge in [0.05, 0.1) is 0 Å². The lowest BCUT2D eigenvalue weighted by atomic mass is 9.77. The molecule has 0 aromatic heterocycles. The van der Waals surface area contributed by atoms with Gasteiger partial charge in [-0.2, -0.15) is 0 Å². The predicted octanol–water partition coefficient (Wildman–Crippen LogP) is 3.62. The molecular weight excluding hydrogens is 622 g/mol. The Morgan fingerprint density at radius 2 is 0.760 bits per heavy atom. The first-order valence-corrected chi connectivity index (χ1v) is 18.0. The Bertz CT molecular complexity index is 1620. The Morgan fingerprint density at radius 1 is 0.420 bits per heavy atom. The van der Waals surface area contributed by atoms with Gasteiger partial charge in [0, 0.05) is 26.2 Å². The van der Waals surface area contributed by atoms with E-state index in [4.69, 9.17) is 11.5 Å². The van der Waals surface area contributed by atoms with E-state index < -0.39 is 14.2 Å². The highest BCUT2D eigenvalue weighted by Crippen LogP contribution is 2.35. The van der Waals surface area contributed by atoms with E-state index in [-0.39, 0.29) is 0 Å². The van der Waals surface area contributed by atoms with Crippen molar-refractivity contribution in [1.29, 1.82) is 0 Å². The number of nitrogens with zero attached hydrogens (tertiary/aromatic N) is 2. The maximum absolute atomic E-state index is 10.1. The second-order valence-electron chi connectivity index (χ2n) is 13.3. The Morgan fingerprint density at radius 3 is 1.10 bits per heavy atom. The van der Waals surface area contributed by atoms with Crippen LogP contribution in [0.3, 0.4) is 0 Å². The van der Waals surface area contributed by atoms with Crippen LogP contribution in [0.2, 0.25) is 0 Å². The van der Waals surface area contributed by atoms with E-state index in [0.29, 0.717) is 50.2 Å². The van der Waals surface area contributed by atoms with Gasteiger partial charge in [-0.05, 0) is 107 Å². The highest BCUT2D eigenvalue weighted by atomic mass is 16.4. The molecule has 0 aliphatic rings. The molecule has 10 heteroatoms. The molecule has 8 N–H and O–H groups in total. The Labute approximate surface area is 297 Å². The van der Waals surface area contributed by atoms with Gasteiger partial charge in [0.25, 0.3) is 0 Å². The predicted molar refractivity (Wildman–Crippen MR) is 208 cm³/mol. The summed E-state index contributed by atoms with van der Waals surface area (Å²) < 4.78 is 0. The van der Waals surface area contributed by atoms with Gasteiger partial charge >= 0.3 is 14.2 Å². The van der Waals surface area contributed by atoms with Crippen molar-refractivity contribution in [3.63, 3.8) is 0 Å². The molecule has 5 aromatic rings. The second kappa shape index (κ2) is 19.2. The monoisotopic (exact) mass is 674 g/mol. The van der Waals surface area contributed by atoms with Crippen LogP contribution in [0, 0.1) is 0 Å². The summed E-state index contributed by atoms with van der Waals surface area (Å²) in [5.74, 6) is 0. The van der Waals surface area contributed by atoms with Gasteiger partial charge < -0.3 is 31.6 Å². The molecule has 0 radical (unpaired) electrons. The highest BCUT2D eigenvalue weighted by Gasteiger charge is 2.22. The molecule has 50 heavy (non-hydrogen) atoms. The van der Waals surface area contributed by atoms with Gasteiger partial charge in [0.1, 0.15) is 0 Å². The van der Waals surface area contributed by atoms with Crippen LogP contribution < -0.4 is 22.4 Å². The third-order valence-electron chi connectivity index (χ3n) is 9.73. The smallest absolute Gasteiger partial charge is 0.423 e. The van der Waals surface area contributed by atoms with Gasteiger partial charge in [-0.15, -0.1) is 0 Å². The molecular formula is C40H52B2N4O4. The number of hydrogen-bond donors (Lipinski definition) is 6. The number of rotatable bonds is 20. The summed E-state index contributed by atoms with van der Waals surface area (Å²) in [6.07, 6.45) is 6.02. The summed E-state index contributed by atoms with van der Waals surface area (Å²) in [6.45, 7) is 5.63. The van der Waals surface area contributed by atoms with Crippen LogP contribution in [0.25, 0.3) is 21.5 Å². The zero-order valence-corrected chi connectivity index (χ0v) is 29.1. The average Bonchev–Trinajstić information content (AvgIpc) is 3.13. The van der Waals surface area contributed by atoms with Gasteiger partial charge in [-0.3, -0.25) is 9.80 Å². The fraction of sp³-hybridized carbons (Fsp3) is 0.350. The molecule has 0 heterocycles. The number of nitrogens with two attached hydrogens (primary N) is 2. The van der Waals surface area contributed by atoms with E-state index >= 15 is 0 Å². The van der Waals surface area contributed by atoms with E-state index in [1.165, 1.54) is 32.7 Å². The SMILES string of the molecule is NCCCCCN(Cc1ccccc1B(O)O)Cc1c2ccccc2c(CN(CCCCCN)Cc2ccccc2B(O)O)c2ccccc12. The second-order valence-corrected chi connectivity index (χ2v) is 13.3. The van der Waals surface area contributed by atoms with Crippen LogP contribution in [-0.2, 0) is 26.2 Å². The zero-order chi connectivity index (χ0) is 35.3. The van der Waals surface area contributed by atoms with Crippen molar-refractivity contribution < 1.29 is 20.1 Å². The molecule has 0 fully saturated rings. The maximum atomic E-state index is 10.1. The molecule has 8 nitrogen and oxygen atoms in total. The van der Waals surface area contributed by atoms with Gasteiger partial charge in [0.15, 0.2) is 0 Å². The Balaban J connectivity index is 1.55. The summed E-state index contributed by atoms with van der Waals surface area (Å²) in [6, 6.07) is 32.5. The van der Waals surface area contributed by atoms with Crippen molar-refractivity contribution in [3.8, 4) is 0 Å². The normalized spacial score (nSPS) is 11.7. The standard InChI is InChI=1S/C40H52B2N4O4/c43-23-11-1-13-25-45(27-31-15-3-9-21-39(31)41(47)48)29-37-33-17-5-7-19-35(33)38(36-20-8-6-18-34(36)37)30-46(26-14-2-12-24-44)28-32-16-4-10-22-40(32)42(49)50/h3-10,15-22,47-50H,1-2,11-14,23-30,43-44H2. The van der Waals surface area contributed by atoms with Crippen LogP contribution >= 0.6 is 0 Å². The summed E-state index contributed by atoms with van der Waals surface area (Å²) in [5, 5.41) is 45.4. The van der Waals surface area contributed by atoms with Crippen molar-refractivity contribution in [2.75, 3.05) is 26.2 Å². The number of hydrogen-bond acceptors (Lipinski definition) is 8. The van der Waals surface area contributed by atoms with E-state index in [1.807, 2.05) is 36.4 Å². The first-order chi connectivity index (χ1) is 24.4. The van der Waals surface area contributed by atoms with Crippen molar-refractivity contribution >= 4 is 46.7 Å². The first kappa shape index (κ1) is 37.7. The quantitative estimate of drug-likeness (QED) is 0.0419. The number of fused-ring (bicyclic) bond motifs is 2. The van der Waals surface area contributed by atoms with Crippen molar-refractivity contribution in [2.45, 2.75) is 64.7 Å². The lowest BCUT2D eigenvalue weighted by Crippen LogP contribution is -2.36. The fourth-order valence-electron chi connectivity index (χ4n) is 7.18. The average molecular weight is 675 g/mol. The molecule has 0 saturated carbocycles. The maximum Gasteiger partial charge on any atom is 0.488 e. The molecule has 0 aliphatic carbocycles.